The molecular formula is C51H57FN8O8. The third kappa shape index (κ3) is 8.23. The fraction of sp³-hybridized carbons (Fsp3) is 0.471. The first-order chi connectivity index (χ1) is 32.8. The lowest BCUT2D eigenvalue weighted by molar-refractivity contribution is -0.134. The molecule has 3 fully saturated rings. The summed E-state index contributed by atoms with van der Waals surface area (Å²) in [4.78, 5) is 65.2. The first-order valence-corrected chi connectivity index (χ1v) is 23.8. The number of carbonyl (C=O) groups is 4. The number of nitrogens with one attached hydrogen (secondary N) is 2. The van der Waals surface area contributed by atoms with Gasteiger partial charge >= 0.3 is 12.2 Å². The van der Waals surface area contributed by atoms with E-state index in [-0.39, 0.29) is 35.7 Å². The monoisotopic (exact) mass is 928 g/mol. The van der Waals surface area contributed by atoms with Gasteiger partial charge in [0, 0.05) is 67.1 Å². The molecule has 0 bridgehead atoms. The number of fused-ring (bicyclic) bond motifs is 5. The normalized spacial score (nSPS) is 21.8. The van der Waals surface area contributed by atoms with E-state index in [1.807, 2.05) is 73.7 Å². The van der Waals surface area contributed by atoms with Crippen molar-refractivity contribution in [1.29, 1.82) is 0 Å². The molecule has 0 radical (unpaired) electrons. The van der Waals surface area contributed by atoms with Crippen molar-refractivity contribution in [2.75, 3.05) is 27.3 Å². The number of allylic oxidation sites excluding steroid dienone is 2. The van der Waals surface area contributed by atoms with E-state index in [9.17, 15) is 19.2 Å². The quantitative estimate of drug-likeness (QED) is 0.141. The first kappa shape index (κ1) is 45.0. The van der Waals surface area contributed by atoms with E-state index in [0.717, 1.165) is 83.3 Å². The molecule has 1 unspecified atom stereocenters. The van der Waals surface area contributed by atoms with Gasteiger partial charge in [0.2, 0.25) is 18.0 Å². The molecular weight excluding hydrogens is 872 g/mol. The summed E-state index contributed by atoms with van der Waals surface area (Å²) in [6, 6.07) is 11.6. The van der Waals surface area contributed by atoms with Crippen LogP contribution >= 0.6 is 0 Å². The van der Waals surface area contributed by atoms with Gasteiger partial charge in [-0.3, -0.25) is 24.1 Å². The molecule has 68 heavy (non-hydrogen) atoms. The van der Waals surface area contributed by atoms with Gasteiger partial charge in [0.25, 0.3) is 0 Å². The van der Waals surface area contributed by atoms with Gasteiger partial charge in [0.05, 0.1) is 48.8 Å². The van der Waals surface area contributed by atoms with Crippen LogP contribution in [0.15, 0.2) is 69.4 Å². The van der Waals surface area contributed by atoms with Crippen LogP contribution in [-0.2, 0) is 19.1 Å². The minimum Gasteiger partial charge on any atom is -0.462 e. The SMILES string of the molecule is COC(=O)N[C@H](C(=O)N1CCC[C@H]1C1=NC=C(c2cc(F)c3c(c2)OC(c2cc(C4CC4)no2)n2c-3cc3cc(C4=CN=C([C@@H]5CCCN5C(=O)[C@@H](NC(=O)OC)C(C)C)C4)ccc32)C1)C(C)C. The van der Waals surface area contributed by atoms with Crippen LogP contribution in [0.1, 0.15) is 114 Å². The number of alkyl carbamates (subject to hydrolysis) is 2. The summed E-state index contributed by atoms with van der Waals surface area (Å²) >= 11 is 0. The van der Waals surface area contributed by atoms with Crippen LogP contribution in [0, 0.1) is 17.7 Å². The van der Waals surface area contributed by atoms with Crippen molar-refractivity contribution in [3.63, 3.8) is 0 Å². The van der Waals surface area contributed by atoms with Crippen LogP contribution in [-0.4, -0.2) is 106 Å². The predicted molar refractivity (Wildman–Crippen MR) is 252 cm³/mol. The topological polar surface area (TPSA) is 182 Å². The molecule has 0 spiro atoms. The maximum atomic E-state index is 16.9. The van der Waals surface area contributed by atoms with E-state index in [1.54, 1.807) is 11.1 Å². The second-order valence-corrected chi connectivity index (χ2v) is 19.4. The summed E-state index contributed by atoms with van der Waals surface area (Å²) in [6.45, 7) is 8.68. The molecule has 2 aromatic carbocycles. The van der Waals surface area contributed by atoms with Crippen molar-refractivity contribution in [2.24, 2.45) is 21.8 Å². The van der Waals surface area contributed by atoms with E-state index in [0.29, 0.717) is 60.2 Å². The maximum absolute atomic E-state index is 16.9. The third-order valence-corrected chi connectivity index (χ3v) is 14.3. The van der Waals surface area contributed by atoms with Crippen LogP contribution in [0.4, 0.5) is 14.0 Å². The predicted octanol–water partition coefficient (Wildman–Crippen LogP) is 8.37. The van der Waals surface area contributed by atoms with E-state index in [1.165, 1.54) is 20.3 Å². The molecule has 5 aliphatic heterocycles. The molecule has 2 aromatic heterocycles. The standard InChI is InChI=1S/C51H57FN8O8/c1-26(2)45(55-50(63)65-5)47(61)58-15-7-9-39(58)36-19-32(24-53-36)29-13-14-38-31(17-29)21-41-44-34(52)18-30(22-42(44)67-49(60(38)41)43-23-35(57-68-43)28-11-12-28)33-20-37(54-25-33)40-10-8-16-59(40)48(62)46(27(3)4)56-51(64)66-6/h13-14,17-18,21-28,39-40,45-46,49H,7-12,15-16,19-20H2,1-6H3,(H,55,63)(H,56,64)/t39-,40-,45-,46-,49?/m0/s1. The zero-order valence-corrected chi connectivity index (χ0v) is 39.2. The Morgan fingerprint density at radius 3 is 1.90 bits per heavy atom. The molecule has 4 aromatic rings. The fourth-order valence-electron chi connectivity index (χ4n) is 10.5. The first-order valence-electron chi connectivity index (χ1n) is 23.8. The van der Waals surface area contributed by atoms with Gasteiger partial charge in [-0.25, -0.2) is 14.0 Å². The number of hydrogen-bond acceptors (Lipinski definition) is 11. The van der Waals surface area contributed by atoms with E-state index < -0.39 is 36.3 Å². The van der Waals surface area contributed by atoms with Gasteiger partial charge in [-0.05, 0) is 103 Å². The van der Waals surface area contributed by atoms with Crippen molar-refractivity contribution in [3.8, 4) is 17.0 Å². The molecule has 4 amide bonds. The van der Waals surface area contributed by atoms with Crippen LogP contribution in [0.5, 0.6) is 5.75 Å². The lowest BCUT2D eigenvalue weighted by Crippen LogP contribution is -2.53. The fourth-order valence-corrected chi connectivity index (χ4v) is 10.5. The van der Waals surface area contributed by atoms with E-state index in [4.69, 9.17) is 28.7 Å². The average molecular weight is 929 g/mol. The Morgan fingerprint density at radius 1 is 0.750 bits per heavy atom. The molecule has 17 heteroatoms. The highest BCUT2D eigenvalue weighted by Crippen LogP contribution is 2.49. The Hall–Kier alpha value is -6.78. The van der Waals surface area contributed by atoms with Gasteiger partial charge < -0.3 is 39.2 Å². The zero-order valence-electron chi connectivity index (χ0n) is 39.2. The molecule has 1 saturated carbocycles. The number of ether oxygens (including phenoxy) is 3. The highest BCUT2D eigenvalue weighted by atomic mass is 19.1. The molecule has 16 nitrogen and oxygen atoms in total. The summed E-state index contributed by atoms with van der Waals surface area (Å²) in [7, 11) is 2.56. The number of benzene rings is 2. The van der Waals surface area contributed by atoms with Gasteiger partial charge in [0.1, 0.15) is 23.7 Å². The number of rotatable bonds is 12. The van der Waals surface area contributed by atoms with Crippen LogP contribution in [0.3, 0.4) is 0 Å². The van der Waals surface area contributed by atoms with Crippen LogP contribution in [0.2, 0.25) is 0 Å². The van der Waals surface area contributed by atoms with Crippen molar-refractivity contribution < 1.29 is 42.3 Å². The Kier molecular flexibility index (Phi) is 11.9. The van der Waals surface area contributed by atoms with Crippen molar-refractivity contribution in [3.05, 3.63) is 83.3 Å². The molecule has 356 valence electrons. The maximum Gasteiger partial charge on any atom is 0.407 e. The summed E-state index contributed by atoms with van der Waals surface area (Å²) in [5.41, 5.74) is 7.75. The van der Waals surface area contributed by atoms with Crippen molar-refractivity contribution >= 4 is 57.5 Å². The van der Waals surface area contributed by atoms with Gasteiger partial charge in [-0.15, -0.1) is 0 Å². The van der Waals surface area contributed by atoms with Gasteiger partial charge in [-0.1, -0.05) is 38.9 Å². The minimum atomic E-state index is -0.778. The van der Waals surface area contributed by atoms with Gasteiger partial charge in [-0.2, -0.15) is 0 Å². The van der Waals surface area contributed by atoms with Crippen molar-refractivity contribution in [2.45, 2.75) is 115 Å². The average Bonchev–Trinajstić information content (AvgIpc) is 4.05. The molecule has 6 aliphatic rings. The molecule has 5 atom stereocenters. The molecule has 2 saturated heterocycles. The molecule has 10 rings (SSSR count). The summed E-state index contributed by atoms with van der Waals surface area (Å²) in [5, 5.41) is 10.7. The number of amides is 4. The highest BCUT2D eigenvalue weighted by Gasteiger charge is 2.41. The number of halogens is 1. The molecule has 7 heterocycles. The van der Waals surface area contributed by atoms with E-state index >= 15 is 4.39 Å². The van der Waals surface area contributed by atoms with E-state index in [2.05, 4.69) is 21.9 Å². The largest absolute Gasteiger partial charge is 0.462 e. The number of hydrogen-bond donors (Lipinski definition) is 2. The lowest BCUT2D eigenvalue weighted by atomic mass is 9.95. The smallest absolute Gasteiger partial charge is 0.407 e. The molecule has 1 aliphatic carbocycles. The number of aliphatic imine (C=N–C) groups is 2. The van der Waals surface area contributed by atoms with Crippen LogP contribution in [0.25, 0.3) is 33.3 Å². The number of aromatic nitrogens is 2. The Labute approximate surface area is 393 Å². The highest BCUT2D eigenvalue weighted by molar-refractivity contribution is 6.06. The minimum absolute atomic E-state index is 0.136. The number of carbonyl (C=O) groups excluding carboxylic acids is 4. The van der Waals surface area contributed by atoms with Crippen molar-refractivity contribution in [1.82, 2.24) is 30.2 Å². The summed E-state index contributed by atoms with van der Waals surface area (Å²) in [5.74, 6) is 0.141. The zero-order chi connectivity index (χ0) is 47.5. The molecule has 2 N–H and O–H groups in total. The van der Waals surface area contributed by atoms with Crippen LogP contribution < -0.4 is 15.4 Å². The number of likely N-dealkylation sites (tertiary alicyclic amines) is 2. The Bertz CT molecular complexity index is 2840. The second-order valence-electron chi connectivity index (χ2n) is 19.4. The number of methoxy groups -OCH3 is 2. The number of nitrogens with zero attached hydrogens (tertiary/aromatic N) is 6. The third-order valence-electron chi connectivity index (χ3n) is 14.3. The van der Waals surface area contributed by atoms with Gasteiger partial charge in [0.15, 0.2) is 5.76 Å². The lowest BCUT2D eigenvalue weighted by Gasteiger charge is -2.31. The summed E-state index contributed by atoms with van der Waals surface area (Å²) < 4.78 is 41.3. The second kappa shape index (κ2) is 18.0. The summed E-state index contributed by atoms with van der Waals surface area (Å²) in [6.07, 6.45) is 7.75. The Morgan fingerprint density at radius 2 is 1.34 bits per heavy atom. The Balaban J connectivity index is 0.913.